The molecule has 4 rings (SSSR count). The van der Waals surface area contributed by atoms with Gasteiger partial charge in [0.2, 0.25) is 0 Å². The maximum absolute atomic E-state index is 10.5. The van der Waals surface area contributed by atoms with Gasteiger partial charge >= 0.3 is 0 Å². The number of thioether (sulfide) groups is 1. The molecule has 0 radical (unpaired) electrons. The molecule has 3 aromatic carbocycles. The largest absolute Gasteiger partial charge is 0.192 e. The van der Waals surface area contributed by atoms with Crippen molar-refractivity contribution in [2.45, 2.75) is 94.5 Å². The smallest absolute Gasteiger partial charge is 0.0998 e. The molecule has 0 amide bonds. The summed E-state index contributed by atoms with van der Waals surface area (Å²) in [5.74, 6) is 0.907. The van der Waals surface area contributed by atoms with Crippen LogP contribution in [-0.4, -0.2) is 5.25 Å². The first-order chi connectivity index (χ1) is 17.3. The van der Waals surface area contributed by atoms with Crippen LogP contribution in [0.2, 0.25) is 0 Å². The second kappa shape index (κ2) is 11.7. The molecule has 1 aliphatic carbocycles. The van der Waals surface area contributed by atoms with E-state index < -0.39 is 0 Å². The lowest BCUT2D eigenvalue weighted by Crippen LogP contribution is -2.25. The molecule has 0 saturated heterocycles. The summed E-state index contributed by atoms with van der Waals surface area (Å²) in [7, 11) is 0. The van der Waals surface area contributed by atoms with Gasteiger partial charge in [0.25, 0.3) is 0 Å². The summed E-state index contributed by atoms with van der Waals surface area (Å²) in [5, 5.41) is 11.2. The molecule has 0 bridgehead atoms. The summed E-state index contributed by atoms with van der Waals surface area (Å²) < 4.78 is 0. The molecule has 3 aromatic rings. The number of rotatable bonds is 7. The van der Waals surface area contributed by atoms with Crippen LogP contribution >= 0.6 is 11.8 Å². The van der Waals surface area contributed by atoms with E-state index in [1.165, 1.54) is 67.2 Å². The third-order valence-corrected chi connectivity index (χ3v) is 9.67. The number of hydrogen-bond donors (Lipinski definition) is 0. The fourth-order valence-corrected chi connectivity index (χ4v) is 6.94. The fourth-order valence-electron chi connectivity index (χ4n) is 5.63. The number of benzene rings is 3. The highest BCUT2D eigenvalue weighted by Gasteiger charge is 2.32. The van der Waals surface area contributed by atoms with Crippen LogP contribution in [0.3, 0.4) is 0 Å². The number of nitrogens with zero attached hydrogens (tertiary/aromatic N) is 1. The van der Waals surface area contributed by atoms with E-state index >= 15 is 0 Å². The zero-order valence-corrected chi connectivity index (χ0v) is 23.3. The van der Waals surface area contributed by atoms with Gasteiger partial charge in [0, 0.05) is 21.8 Å². The molecule has 0 heterocycles. The Morgan fingerprint density at radius 3 is 1.81 bits per heavy atom. The molecular formula is C34H41NS. The van der Waals surface area contributed by atoms with Crippen LogP contribution in [0.1, 0.15) is 106 Å². The average molecular weight is 496 g/mol. The molecule has 36 heavy (non-hydrogen) atoms. The first-order valence-electron chi connectivity index (χ1n) is 13.6. The predicted molar refractivity (Wildman–Crippen MR) is 156 cm³/mol. The van der Waals surface area contributed by atoms with Crippen molar-refractivity contribution in [3.63, 3.8) is 0 Å². The normalized spacial score (nSPS) is 15.6. The highest BCUT2D eigenvalue weighted by molar-refractivity contribution is 7.99. The number of hydrogen-bond acceptors (Lipinski definition) is 2. The minimum Gasteiger partial charge on any atom is -0.192 e. The van der Waals surface area contributed by atoms with Gasteiger partial charge in [-0.25, -0.2) is 0 Å². The van der Waals surface area contributed by atoms with Gasteiger partial charge in [0.05, 0.1) is 11.6 Å². The van der Waals surface area contributed by atoms with Crippen LogP contribution in [0.25, 0.3) is 0 Å². The summed E-state index contributed by atoms with van der Waals surface area (Å²) in [6.07, 6.45) is 9.44. The minimum atomic E-state index is -0.269. The number of nitriles is 1. The Hall–Kier alpha value is -2.50. The maximum atomic E-state index is 10.5. The van der Waals surface area contributed by atoms with Gasteiger partial charge in [-0.3, -0.25) is 0 Å². The summed E-state index contributed by atoms with van der Waals surface area (Å²) in [4.78, 5) is 0. The minimum absolute atomic E-state index is 0.156. The van der Waals surface area contributed by atoms with Crippen LogP contribution in [0.15, 0.2) is 72.8 Å². The second-order valence-corrected chi connectivity index (χ2v) is 12.7. The van der Waals surface area contributed by atoms with E-state index in [-0.39, 0.29) is 10.8 Å². The Labute approximate surface area is 223 Å². The standard InChI is InChI=1S/C34H41NS/c1-33(2,27-16-10-8-11-17-27)29-22-26(25-36-30-20-14-6-5-7-15-21-30)31(24-35)32(23-29)34(3,4)28-18-12-9-13-19-28/h8-13,16-19,22-23,30H,5-7,14-15,20-21,25H2,1-4H3. The highest BCUT2D eigenvalue weighted by Crippen LogP contribution is 2.41. The van der Waals surface area contributed by atoms with Crippen LogP contribution < -0.4 is 0 Å². The molecule has 0 aliphatic heterocycles. The first kappa shape index (κ1) is 26.6. The molecular weight excluding hydrogens is 454 g/mol. The molecule has 2 heteroatoms. The Balaban J connectivity index is 1.79. The van der Waals surface area contributed by atoms with Gasteiger partial charge in [-0.2, -0.15) is 17.0 Å². The lowest BCUT2D eigenvalue weighted by atomic mass is 9.71. The van der Waals surface area contributed by atoms with Crippen molar-refractivity contribution in [3.05, 3.63) is 106 Å². The topological polar surface area (TPSA) is 23.8 Å². The van der Waals surface area contributed by atoms with Crippen molar-refractivity contribution >= 4 is 11.8 Å². The lowest BCUT2D eigenvalue weighted by Gasteiger charge is -2.33. The van der Waals surface area contributed by atoms with E-state index in [0.29, 0.717) is 5.25 Å². The quantitative estimate of drug-likeness (QED) is 0.326. The van der Waals surface area contributed by atoms with E-state index in [2.05, 4.69) is 118 Å². The van der Waals surface area contributed by atoms with Gasteiger partial charge in [-0.1, -0.05) is 133 Å². The van der Waals surface area contributed by atoms with Gasteiger partial charge < -0.3 is 0 Å². The van der Waals surface area contributed by atoms with E-state index in [1.807, 2.05) is 0 Å². The van der Waals surface area contributed by atoms with Gasteiger partial charge in [-0.05, 0) is 40.7 Å². The molecule has 1 fully saturated rings. The highest BCUT2D eigenvalue weighted by atomic mass is 32.2. The van der Waals surface area contributed by atoms with Crippen molar-refractivity contribution in [1.82, 2.24) is 0 Å². The van der Waals surface area contributed by atoms with Crippen molar-refractivity contribution in [3.8, 4) is 6.07 Å². The third kappa shape index (κ3) is 5.90. The van der Waals surface area contributed by atoms with E-state index in [1.54, 1.807) is 0 Å². The molecule has 188 valence electrons. The van der Waals surface area contributed by atoms with Crippen LogP contribution in [-0.2, 0) is 16.6 Å². The van der Waals surface area contributed by atoms with Gasteiger partial charge in [-0.15, -0.1) is 0 Å². The van der Waals surface area contributed by atoms with Crippen LogP contribution in [0.4, 0.5) is 0 Å². The fraction of sp³-hybridized carbons (Fsp3) is 0.441. The molecule has 0 N–H and O–H groups in total. The summed E-state index contributed by atoms with van der Waals surface area (Å²) in [6, 6.07) is 28.8. The van der Waals surface area contributed by atoms with Crippen molar-refractivity contribution in [2.24, 2.45) is 0 Å². The predicted octanol–water partition coefficient (Wildman–Crippen LogP) is 9.56. The molecule has 1 saturated carbocycles. The summed E-state index contributed by atoms with van der Waals surface area (Å²) >= 11 is 2.08. The van der Waals surface area contributed by atoms with Crippen molar-refractivity contribution in [1.29, 1.82) is 5.26 Å². The lowest BCUT2D eigenvalue weighted by molar-refractivity contribution is 0.513. The zero-order valence-electron chi connectivity index (χ0n) is 22.5. The molecule has 0 spiro atoms. The van der Waals surface area contributed by atoms with Crippen molar-refractivity contribution in [2.75, 3.05) is 0 Å². The maximum Gasteiger partial charge on any atom is 0.0998 e. The zero-order chi connectivity index (χ0) is 25.6. The van der Waals surface area contributed by atoms with Crippen LogP contribution in [0.5, 0.6) is 0 Å². The Kier molecular flexibility index (Phi) is 8.63. The van der Waals surface area contributed by atoms with Crippen LogP contribution in [0, 0.1) is 11.3 Å². The summed E-state index contributed by atoms with van der Waals surface area (Å²) in [6.45, 7) is 9.16. The van der Waals surface area contributed by atoms with Crippen molar-refractivity contribution < 1.29 is 0 Å². The molecule has 0 atom stereocenters. The molecule has 1 nitrogen and oxygen atoms in total. The van der Waals surface area contributed by atoms with E-state index in [9.17, 15) is 5.26 Å². The summed E-state index contributed by atoms with van der Waals surface area (Å²) in [5.41, 5.74) is 6.63. The van der Waals surface area contributed by atoms with E-state index in [0.717, 1.165) is 16.9 Å². The molecule has 0 aromatic heterocycles. The third-order valence-electron chi connectivity index (χ3n) is 8.24. The molecule has 0 unspecified atom stereocenters. The second-order valence-electron chi connectivity index (χ2n) is 11.4. The van der Waals surface area contributed by atoms with Gasteiger partial charge in [0.15, 0.2) is 0 Å². The van der Waals surface area contributed by atoms with Gasteiger partial charge in [0.1, 0.15) is 0 Å². The SMILES string of the molecule is CC(C)(c1ccccc1)c1cc(CSC2CCCCCCC2)c(C#N)c(C(C)(C)c2ccccc2)c1. The first-order valence-corrected chi connectivity index (χ1v) is 14.7. The average Bonchev–Trinajstić information content (AvgIpc) is 2.88. The monoisotopic (exact) mass is 495 g/mol. The van der Waals surface area contributed by atoms with E-state index in [4.69, 9.17) is 0 Å². The Bertz CT molecular complexity index is 1160. The molecule has 1 aliphatic rings. The Morgan fingerprint density at radius 1 is 0.722 bits per heavy atom. The Morgan fingerprint density at radius 2 is 1.25 bits per heavy atom.